The number of aliphatic carboxylic acids is 1. The van der Waals surface area contributed by atoms with Gasteiger partial charge in [-0.1, -0.05) is 18.2 Å². The summed E-state index contributed by atoms with van der Waals surface area (Å²) in [7, 11) is 0. The number of nitrogens with two attached hydrogens (primary N) is 1. The normalized spacial score (nSPS) is 14.0. The van der Waals surface area contributed by atoms with Gasteiger partial charge in [-0.25, -0.2) is 9.37 Å². The molecule has 19 heavy (non-hydrogen) atoms. The fraction of sp³-hybridized carbons (Fsp3) is 0.231. The van der Waals surface area contributed by atoms with Gasteiger partial charge in [0.1, 0.15) is 11.2 Å². The molecule has 0 saturated heterocycles. The molecule has 1 aromatic carbocycles. The van der Waals surface area contributed by atoms with E-state index in [4.69, 9.17) is 5.73 Å². The van der Waals surface area contributed by atoms with E-state index in [9.17, 15) is 14.3 Å². The van der Waals surface area contributed by atoms with Crippen LogP contribution in [0.15, 0.2) is 35.8 Å². The quantitative estimate of drug-likeness (QED) is 0.875. The maximum absolute atomic E-state index is 13.9. The van der Waals surface area contributed by atoms with Gasteiger partial charge in [0.05, 0.1) is 5.01 Å². The summed E-state index contributed by atoms with van der Waals surface area (Å²) in [5, 5.41) is 11.9. The number of aromatic nitrogens is 1. The summed E-state index contributed by atoms with van der Waals surface area (Å²) in [6, 6.07) is 5.83. The zero-order valence-corrected chi connectivity index (χ0v) is 10.9. The highest BCUT2D eigenvalue weighted by Gasteiger charge is 2.42. The van der Waals surface area contributed by atoms with E-state index in [2.05, 4.69) is 4.98 Å². The lowest BCUT2D eigenvalue weighted by Gasteiger charge is -2.27. The molecule has 100 valence electrons. The van der Waals surface area contributed by atoms with Gasteiger partial charge in [0.2, 0.25) is 0 Å². The lowest BCUT2D eigenvalue weighted by molar-refractivity contribution is -0.143. The van der Waals surface area contributed by atoms with Crippen LogP contribution in [-0.4, -0.2) is 22.6 Å². The number of carbonyl (C=O) groups is 1. The molecule has 0 aliphatic rings. The Morgan fingerprint density at radius 3 is 2.74 bits per heavy atom. The van der Waals surface area contributed by atoms with Crippen LogP contribution in [0.5, 0.6) is 0 Å². The standard InChI is InChI=1S/C13H13FN2O2S/c14-10-4-2-1-3-9(10)13(8-15,12(17)18)7-11-16-5-6-19-11/h1-6H,7-8,15H2,(H,17,18). The van der Waals surface area contributed by atoms with E-state index < -0.39 is 17.2 Å². The van der Waals surface area contributed by atoms with Crippen molar-refractivity contribution >= 4 is 17.3 Å². The molecule has 4 nitrogen and oxygen atoms in total. The molecule has 0 aliphatic heterocycles. The predicted octanol–water partition coefficient (Wildman–Crippen LogP) is 1.81. The maximum Gasteiger partial charge on any atom is 0.315 e. The minimum Gasteiger partial charge on any atom is -0.481 e. The molecule has 1 atom stereocenters. The van der Waals surface area contributed by atoms with Gasteiger partial charge >= 0.3 is 5.97 Å². The van der Waals surface area contributed by atoms with Crippen molar-refractivity contribution in [3.05, 3.63) is 52.2 Å². The van der Waals surface area contributed by atoms with Crippen LogP contribution in [0.25, 0.3) is 0 Å². The van der Waals surface area contributed by atoms with Crippen LogP contribution in [0, 0.1) is 5.82 Å². The average Bonchev–Trinajstić information content (AvgIpc) is 2.89. The van der Waals surface area contributed by atoms with Crippen LogP contribution >= 0.6 is 11.3 Å². The molecule has 0 saturated carbocycles. The van der Waals surface area contributed by atoms with Gasteiger partial charge in [0, 0.05) is 30.1 Å². The van der Waals surface area contributed by atoms with Crippen molar-refractivity contribution in [2.45, 2.75) is 11.8 Å². The molecular weight excluding hydrogens is 267 g/mol. The molecule has 0 fully saturated rings. The molecule has 1 heterocycles. The first-order valence-corrected chi connectivity index (χ1v) is 6.55. The van der Waals surface area contributed by atoms with Crippen molar-refractivity contribution in [1.29, 1.82) is 0 Å². The van der Waals surface area contributed by atoms with Crippen LogP contribution in [0.4, 0.5) is 4.39 Å². The van der Waals surface area contributed by atoms with Gasteiger partial charge in [-0.15, -0.1) is 11.3 Å². The Kier molecular flexibility index (Phi) is 3.92. The third kappa shape index (κ3) is 2.50. The number of benzene rings is 1. The number of hydrogen-bond acceptors (Lipinski definition) is 4. The molecule has 1 aromatic heterocycles. The Morgan fingerprint density at radius 2 is 2.21 bits per heavy atom. The second-order valence-electron chi connectivity index (χ2n) is 4.17. The van der Waals surface area contributed by atoms with Crippen molar-refractivity contribution in [2.24, 2.45) is 5.73 Å². The predicted molar refractivity (Wildman–Crippen MR) is 70.6 cm³/mol. The van der Waals surface area contributed by atoms with Crippen molar-refractivity contribution in [3.63, 3.8) is 0 Å². The Bertz CT molecular complexity index is 574. The first kappa shape index (κ1) is 13.6. The van der Waals surface area contributed by atoms with Gasteiger partial charge in [0.25, 0.3) is 0 Å². The van der Waals surface area contributed by atoms with Crippen molar-refractivity contribution < 1.29 is 14.3 Å². The lowest BCUT2D eigenvalue weighted by atomic mass is 9.77. The van der Waals surface area contributed by atoms with Crippen LogP contribution in [0.1, 0.15) is 10.6 Å². The molecule has 6 heteroatoms. The van der Waals surface area contributed by atoms with Crippen molar-refractivity contribution in [3.8, 4) is 0 Å². The van der Waals surface area contributed by atoms with E-state index >= 15 is 0 Å². The number of rotatable bonds is 5. The number of thiazole rings is 1. The van der Waals surface area contributed by atoms with Crippen LogP contribution in [0.3, 0.4) is 0 Å². The Balaban J connectivity index is 2.51. The van der Waals surface area contributed by atoms with Crippen molar-refractivity contribution in [1.82, 2.24) is 4.98 Å². The topological polar surface area (TPSA) is 76.2 Å². The number of carboxylic acid groups (broad SMARTS) is 1. The minimum atomic E-state index is -1.48. The zero-order chi connectivity index (χ0) is 13.9. The minimum absolute atomic E-state index is 0.0808. The first-order valence-electron chi connectivity index (χ1n) is 5.67. The smallest absolute Gasteiger partial charge is 0.315 e. The van der Waals surface area contributed by atoms with Crippen LogP contribution < -0.4 is 5.73 Å². The van der Waals surface area contributed by atoms with Gasteiger partial charge < -0.3 is 10.8 Å². The molecule has 2 rings (SSSR count). The maximum atomic E-state index is 13.9. The summed E-state index contributed by atoms with van der Waals surface area (Å²) in [4.78, 5) is 15.7. The fourth-order valence-electron chi connectivity index (χ4n) is 2.00. The average molecular weight is 280 g/mol. The zero-order valence-electron chi connectivity index (χ0n) is 10.0. The van der Waals surface area contributed by atoms with Crippen LogP contribution in [-0.2, 0) is 16.6 Å². The van der Waals surface area contributed by atoms with Gasteiger partial charge in [0.15, 0.2) is 0 Å². The van der Waals surface area contributed by atoms with Crippen molar-refractivity contribution in [2.75, 3.05) is 6.54 Å². The highest BCUT2D eigenvalue weighted by Crippen LogP contribution is 2.30. The molecule has 0 bridgehead atoms. The second-order valence-corrected chi connectivity index (χ2v) is 5.15. The molecule has 3 N–H and O–H groups in total. The number of nitrogens with zero attached hydrogens (tertiary/aromatic N) is 1. The number of halogens is 1. The van der Waals surface area contributed by atoms with Gasteiger partial charge in [-0.3, -0.25) is 4.79 Å². The largest absolute Gasteiger partial charge is 0.481 e. The third-order valence-electron chi connectivity index (χ3n) is 3.08. The van der Waals surface area contributed by atoms with E-state index in [1.807, 2.05) is 0 Å². The highest BCUT2D eigenvalue weighted by atomic mass is 32.1. The highest BCUT2D eigenvalue weighted by molar-refractivity contribution is 7.09. The molecule has 0 amide bonds. The van der Waals surface area contributed by atoms with Crippen LogP contribution in [0.2, 0.25) is 0 Å². The Labute approximate surface area is 113 Å². The second kappa shape index (κ2) is 5.46. The van der Waals surface area contributed by atoms with E-state index in [-0.39, 0.29) is 18.5 Å². The summed E-state index contributed by atoms with van der Waals surface area (Å²) in [5.41, 5.74) is 4.27. The molecular formula is C13H13FN2O2S. The SMILES string of the molecule is NCC(Cc1nccs1)(C(=O)O)c1ccccc1F. The molecule has 1 unspecified atom stereocenters. The molecule has 0 radical (unpaired) electrons. The Hall–Kier alpha value is -1.79. The summed E-state index contributed by atoms with van der Waals surface area (Å²) in [6.07, 6.45) is 1.67. The summed E-state index contributed by atoms with van der Waals surface area (Å²) in [5.74, 6) is -1.71. The molecule has 2 aromatic rings. The Morgan fingerprint density at radius 1 is 1.47 bits per heavy atom. The van der Waals surface area contributed by atoms with E-state index in [1.165, 1.54) is 29.5 Å². The summed E-state index contributed by atoms with van der Waals surface area (Å²) in [6.45, 7) is -0.192. The lowest BCUT2D eigenvalue weighted by Crippen LogP contribution is -2.45. The number of carboxylic acids is 1. The fourth-order valence-corrected chi connectivity index (χ4v) is 2.73. The summed E-state index contributed by atoms with van der Waals surface area (Å²) < 4.78 is 13.9. The monoisotopic (exact) mass is 280 g/mol. The summed E-state index contributed by atoms with van der Waals surface area (Å²) >= 11 is 1.33. The van der Waals surface area contributed by atoms with E-state index in [0.717, 1.165) is 0 Å². The van der Waals surface area contributed by atoms with E-state index in [0.29, 0.717) is 5.01 Å². The molecule has 0 spiro atoms. The molecule has 0 aliphatic carbocycles. The van der Waals surface area contributed by atoms with Gasteiger partial charge in [-0.05, 0) is 6.07 Å². The third-order valence-corrected chi connectivity index (χ3v) is 3.86. The first-order chi connectivity index (χ1) is 9.10. The van der Waals surface area contributed by atoms with E-state index in [1.54, 1.807) is 17.6 Å². The number of hydrogen-bond donors (Lipinski definition) is 2. The van der Waals surface area contributed by atoms with Gasteiger partial charge in [-0.2, -0.15) is 0 Å².